The third-order valence-electron chi connectivity index (χ3n) is 2.21. The van der Waals surface area contributed by atoms with Gasteiger partial charge in [0.05, 0.1) is 18.2 Å². The van der Waals surface area contributed by atoms with Gasteiger partial charge in [-0.1, -0.05) is 0 Å². The Balaban J connectivity index is 2.39. The molecule has 3 amide bonds. The first-order valence-corrected chi connectivity index (χ1v) is 6.16. The van der Waals surface area contributed by atoms with Crippen LogP contribution < -0.4 is 16.0 Å². The van der Waals surface area contributed by atoms with Crippen molar-refractivity contribution < 1.29 is 9.59 Å². The summed E-state index contributed by atoms with van der Waals surface area (Å²) in [6.45, 7) is 5.45. The van der Waals surface area contributed by atoms with Crippen LogP contribution in [0.15, 0.2) is 24.3 Å². The zero-order valence-electron chi connectivity index (χ0n) is 11.8. The zero-order valence-corrected chi connectivity index (χ0v) is 11.8. The minimum Gasteiger partial charge on any atom is -0.376 e. The van der Waals surface area contributed by atoms with E-state index in [1.807, 2.05) is 26.8 Å². The van der Waals surface area contributed by atoms with Gasteiger partial charge in [0.2, 0.25) is 5.91 Å². The number of hydrogen-bond donors (Lipinski definition) is 3. The Morgan fingerprint density at radius 2 is 1.80 bits per heavy atom. The molecule has 6 heteroatoms. The fraction of sp³-hybridized carbons (Fsp3) is 0.357. The normalized spacial score (nSPS) is 10.3. The van der Waals surface area contributed by atoms with Gasteiger partial charge in [0, 0.05) is 11.2 Å². The number of imide groups is 1. The van der Waals surface area contributed by atoms with Crippen molar-refractivity contribution in [2.24, 2.45) is 0 Å². The van der Waals surface area contributed by atoms with E-state index in [4.69, 9.17) is 5.26 Å². The number of nitrogens with zero attached hydrogens (tertiary/aromatic N) is 1. The summed E-state index contributed by atoms with van der Waals surface area (Å²) in [5.74, 6) is -0.434. The Bertz CT molecular complexity index is 524. The number of urea groups is 1. The maximum atomic E-state index is 11.5. The van der Waals surface area contributed by atoms with Crippen LogP contribution in [0, 0.1) is 11.3 Å². The first-order valence-electron chi connectivity index (χ1n) is 6.16. The van der Waals surface area contributed by atoms with E-state index in [2.05, 4.69) is 16.0 Å². The summed E-state index contributed by atoms with van der Waals surface area (Å²) in [7, 11) is 0. The Morgan fingerprint density at radius 1 is 1.20 bits per heavy atom. The van der Waals surface area contributed by atoms with Gasteiger partial charge < -0.3 is 10.6 Å². The molecule has 0 fully saturated rings. The van der Waals surface area contributed by atoms with E-state index in [0.29, 0.717) is 11.3 Å². The summed E-state index contributed by atoms with van der Waals surface area (Å²) in [6, 6.07) is 8.16. The van der Waals surface area contributed by atoms with Crippen molar-refractivity contribution in [1.82, 2.24) is 10.6 Å². The Morgan fingerprint density at radius 3 is 2.30 bits per heavy atom. The lowest BCUT2D eigenvalue weighted by molar-refractivity contribution is -0.118. The van der Waals surface area contributed by atoms with E-state index in [0.717, 1.165) is 0 Å². The van der Waals surface area contributed by atoms with Crippen molar-refractivity contribution in [2.75, 3.05) is 11.9 Å². The lowest BCUT2D eigenvalue weighted by Gasteiger charge is -2.20. The molecule has 0 aliphatic heterocycles. The molecule has 0 atom stereocenters. The van der Waals surface area contributed by atoms with E-state index < -0.39 is 17.5 Å². The number of carbonyl (C=O) groups excluding carboxylic acids is 2. The quantitative estimate of drug-likeness (QED) is 0.780. The summed E-state index contributed by atoms with van der Waals surface area (Å²) >= 11 is 0. The third-order valence-corrected chi connectivity index (χ3v) is 2.21. The molecule has 6 nitrogen and oxygen atoms in total. The summed E-state index contributed by atoms with van der Waals surface area (Å²) in [5, 5.41) is 16.4. The zero-order chi connectivity index (χ0) is 15.2. The molecule has 0 spiro atoms. The van der Waals surface area contributed by atoms with Crippen molar-refractivity contribution in [3.05, 3.63) is 29.8 Å². The first kappa shape index (κ1) is 15.5. The number of rotatable bonds is 3. The monoisotopic (exact) mass is 274 g/mol. The number of nitrogens with one attached hydrogen (secondary N) is 3. The minimum atomic E-state index is -0.524. The lowest BCUT2D eigenvalue weighted by atomic mass is 10.1. The fourth-order valence-electron chi connectivity index (χ4n) is 1.39. The lowest BCUT2D eigenvalue weighted by Crippen LogP contribution is -2.49. The smallest absolute Gasteiger partial charge is 0.321 e. The molecule has 0 aromatic heterocycles. The van der Waals surface area contributed by atoms with Crippen LogP contribution in [0.1, 0.15) is 26.3 Å². The van der Waals surface area contributed by atoms with Crippen LogP contribution in [0.25, 0.3) is 0 Å². The highest BCUT2D eigenvalue weighted by Gasteiger charge is 2.15. The number of anilines is 1. The van der Waals surface area contributed by atoms with E-state index in [-0.39, 0.29) is 6.54 Å². The second-order valence-electron chi connectivity index (χ2n) is 5.30. The standard InChI is InChI=1S/C14H18N4O2/c1-14(2,3)18-13(20)17-12(19)9-16-11-6-4-10(8-15)5-7-11/h4-7,16H,9H2,1-3H3,(H2,17,18,19,20). The second-order valence-corrected chi connectivity index (χ2v) is 5.30. The molecule has 0 heterocycles. The van der Waals surface area contributed by atoms with Gasteiger partial charge >= 0.3 is 6.03 Å². The molecule has 0 bridgehead atoms. The molecule has 3 N–H and O–H groups in total. The van der Waals surface area contributed by atoms with Gasteiger partial charge in [-0.15, -0.1) is 0 Å². The molecule has 0 unspecified atom stereocenters. The van der Waals surface area contributed by atoms with Crippen molar-refractivity contribution in [1.29, 1.82) is 5.26 Å². The van der Waals surface area contributed by atoms with Crippen LogP contribution in [-0.2, 0) is 4.79 Å². The molecular weight excluding hydrogens is 256 g/mol. The average Bonchev–Trinajstić information content (AvgIpc) is 2.34. The predicted molar refractivity (Wildman–Crippen MR) is 76.1 cm³/mol. The van der Waals surface area contributed by atoms with Gasteiger partial charge in [0.1, 0.15) is 0 Å². The molecule has 0 aliphatic rings. The van der Waals surface area contributed by atoms with Crippen LogP contribution in [-0.4, -0.2) is 24.0 Å². The van der Waals surface area contributed by atoms with E-state index in [1.54, 1.807) is 24.3 Å². The third kappa shape index (κ3) is 5.87. The molecule has 1 aromatic rings. The largest absolute Gasteiger partial charge is 0.376 e. The van der Waals surface area contributed by atoms with E-state index in [9.17, 15) is 9.59 Å². The molecule has 0 saturated carbocycles. The maximum Gasteiger partial charge on any atom is 0.321 e. The molecule has 106 valence electrons. The van der Waals surface area contributed by atoms with Gasteiger partial charge in [-0.2, -0.15) is 5.26 Å². The summed E-state index contributed by atoms with van der Waals surface area (Å²) in [5.41, 5.74) is 0.852. The number of nitriles is 1. The highest BCUT2D eigenvalue weighted by molar-refractivity contribution is 5.96. The van der Waals surface area contributed by atoms with Crippen molar-refractivity contribution in [3.63, 3.8) is 0 Å². The first-order chi connectivity index (χ1) is 9.30. The predicted octanol–water partition coefficient (Wildman–Crippen LogP) is 1.59. The van der Waals surface area contributed by atoms with Gasteiger partial charge in [-0.3, -0.25) is 10.1 Å². The van der Waals surface area contributed by atoms with Crippen LogP contribution in [0.4, 0.5) is 10.5 Å². The van der Waals surface area contributed by atoms with Crippen molar-refractivity contribution >= 4 is 17.6 Å². The number of hydrogen-bond acceptors (Lipinski definition) is 4. The Labute approximate surface area is 118 Å². The summed E-state index contributed by atoms with van der Waals surface area (Å²) in [4.78, 5) is 23.0. The molecule has 1 rings (SSSR count). The topological polar surface area (TPSA) is 94.0 Å². The molecule has 20 heavy (non-hydrogen) atoms. The van der Waals surface area contributed by atoms with Gasteiger partial charge in [0.25, 0.3) is 0 Å². The molecule has 0 saturated heterocycles. The van der Waals surface area contributed by atoms with Gasteiger partial charge in [-0.05, 0) is 45.0 Å². The number of benzene rings is 1. The van der Waals surface area contributed by atoms with Crippen molar-refractivity contribution in [3.8, 4) is 6.07 Å². The molecule has 0 aliphatic carbocycles. The SMILES string of the molecule is CC(C)(C)NC(=O)NC(=O)CNc1ccc(C#N)cc1. The average molecular weight is 274 g/mol. The summed E-state index contributed by atoms with van der Waals surface area (Å²) < 4.78 is 0. The van der Waals surface area contributed by atoms with Gasteiger partial charge in [0.15, 0.2) is 0 Å². The minimum absolute atomic E-state index is 0.0243. The molecule has 1 aromatic carbocycles. The maximum absolute atomic E-state index is 11.5. The Hall–Kier alpha value is -2.55. The van der Waals surface area contributed by atoms with Crippen LogP contribution in [0.3, 0.4) is 0 Å². The number of carbonyl (C=O) groups is 2. The summed E-state index contributed by atoms with van der Waals surface area (Å²) in [6.07, 6.45) is 0. The van der Waals surface area contributed by atoms with Crippen LogP contribution in [0.2, 0.25) is 0 Å². The Kier molecular flexibility index (Phi) is 5.09. The highest BCUT2D eigenvalue weighted by atomic mass is 16.2. The molecular formula is C14H18N4O2. The fourth-order valence-corrected chi connectivity index (χ4v) is 1.39. The van der Waals surface area contributed by atoms with Gasteiger partial charge in [-0.25, -0.2) is 4.79 Å². The van der Waals surface area contributed by atoms with Crippen LogP contribution in [0.5, 0.6) is 0 Å². The van der Waals surface area contributed by atoms with E-state index >= 15 is 0 Å². The van der Waals surface area contributed by atoms with E-state index in [1.165, 1.54) is 0 Å². The highest BCUT2D eigenvalue weighted by Crippen LogP contribution is 2.07. The molecule has 0 radical (unpaired) electrons. The second kappa shape index (κ2) is 6.57. The number of amides is 3. The van der Waals surface area contributed by atoms with Crippen molar-refractivity contribution in [2.45, 2.75) is 26.3 Å². The van der Waals surface area contributed by atoms with Crippen LogP contribution >= 0.6 is 0 Å².